The maximum atomic E-state index is 11.4. The minimum absolute atomic E-state index is 0.191. The number of nitrogens with one attached hydrogen (secondary N) is 2. The largest absolute Gasteiger partial charge is 0.351 e. The average Bonchev–Trinajstić information content (AvgIpc) is 2.77. The van der Waals surface area contributed by atoms with Gasteiger partial charge in [-0.25, -0.2) is 0 Å². The lowest BCUT2D eigenvalue weighted by atomic mass is 10.1. The Balaban J connectivity index is 2.13. The summed E-state index contributed by atoms with van der Waals surface area (Å²) in [5, 5.41) is 12.4. The summed E-state index contributed by atoms with van der Waals surface area (Å²) < 4.78 is 0. The number of rotatable bonds is 6. The summed E-state index contributed by atoms with van der Waals surface area (Å²) in [7, 11) is 0. The van der Waals surface area contributed by atoms with Crippen LogP contribution in [0.25, 0.3) is 0 Å². The van der Waals surface area contributed by atoms with Crippen LogP contribution in [0.1, 0.15) is 30.3 Å². The molecule has 0 spiro atoms. The molecule has 0 bridgehead atoms. The van der Waals surface area contributed by atoms with E-state index >= 15 is 0 Å². The van der Waals surface area contributed by atoms with Crippen LogP contribution in [-0.4, -0.2) is 34.4 Å². The van der Waals surface area contributed by atoms with E-state index < -0.39 is 0 Å². The van der Waals surface area contributed by atoms with Crippen LogP contribution in [0.2, 0.25) is 0 Å². The number of H-pyrrole nitrogens is 1. The molecule has 0 aliphatic rings. The van der Waals surface area contributed by atoms with E-state index in [0.717, 1.165) is 12.8 Å². The van der Waals surface area contributed by atoms with E-state index in [-0.39, 0.29) is 5.91 Å². The standard InChI is InChI=1S/C9H17N5O/c1-7(5-10)3-2-4-11-9(15)8-6-12-14-13-8/h6-7H,2-5,10H2,1H3,(H,11,15)(H,12,13,14). The number of hydrogen-bond donors (Lipinski definition) is 3. The van der Waals surface area contributed by atoms with Gasteiger partial charge < -0.3 is 11.1 Å². The first-order valence-corrected chi connectivity index (χ1v) is 5.08. The minimum Gasteiger partial charge on any atom is -0.351 e. The van der Waals surface area contributed by atoms with Gasteiger partial charge in [-0.3, -0.25) is 4.79 Å². The van der Waals surface area contributed by atoms with Gasteiger partial charge in [-0.05, 0) is 25.3 Å². The van der Waals surface area contributed by atoms with Gasteiger partial charge in [0.2, 0.25) is 0 Å². The third-order valence-electron chi connectivity index (χ3n) is 2.21. The SMILES string of the molecule is CC(CN)CCCNC(=O)c1cn[nH]n1. The number of hydrogen-bond acceptors (Lipinski definition) is 4. The predicted molar refractivity (Wildman–Crippen MR) is 56.2 cm³/mol. The quantitative estimate of drug-likeness (QED) is 0.573. The Morgan fingerprint density at radius 2 is 2.53 bits per heavy atom. The van der Waals surface area contributed by atoms with Crippen molar-refractivity contribution < 1.29 is 4.79 Å². The van der Waals surface area contributed by atoms with Gasteiger partial charge in [0.25, 0.3) is 5.91 Å². The van der Waals surface area contributed by atoms with Crippen LogP contribution in [0, 0.1) is 5.92 Å². The lowest BCUT2D eigenvalue weighted by Crippen LogP contribution is -2.25. The second-order valence-corrected chi connectivity index (χ2v) is 3.59. The molecule has 6 heteroatoms. The molecule has 1 aromatic heterocycles. The second-order valence-electron chi connectivity index (χ2n) is 3.59. The molecule has 1 atom stereocenters. The molecule has 84 valence electrons. The fourth-order valence-corrected chi connectivity index (χ4v) is 1.17. The molecule has 1 rings (SSSR count). The molecule has 0 aliphatic heterocycles. The van der Waals surface area contributed by atoms with Crippen LogP contribution >= 0.6 is 0 Å². The monoisotopic (exact) mass is 211 g/mol. The van der Waals surface area contributed by atoms with Gasteiger partial charge in [0.05, 0.1) is 6.20 Å². The Morgan fingerprint density at radius 1 is 1.73 bits per heavy atom. The smallest absolute Gasteiger partial charge is 0.273 e. The molecule has 0 saturated carbocycles. The Morgan fingerprint density at radius 3 is 3.13 bits per heavy atom. The van der Waals surface area contributed by atoms with Crippen molar-refractivity contribution in [1.82, 2.24) is 20.7 Å². The van der Waals surface area contributed by atoms with Crippen molar-refractivity contribution in [1.29, 1.82) is 0 Å². The van der Waals surface area contributed by atoms with Crippen molar-refractivity contribution in [2.75, 3.05) is 13.1 Å². The second kappa shape index (κ2) is 6.13. The highest BCUT2D eigenvalue weighted by molar-refractivity contribution is 5.91. The Kier molecular flexibility index (Phi) is 4.76. The number of aromatic amines is 1. The molecule has 0 radical (unpaired) electrons. The Hall–Kier alpha value is -1.43. The summed E-state index contributed by atoms with van der Waals surface area (Å²) in [6.45, 7) is 3.44. The third kappa shape index (κ3) is 4.07. The maximum absolute atomic E-state index is 11.4. The van der Waals surface area contributed by atoms with E-state index in [4.69, 9.17) is 5.73 Å². The van der Waals surface area contributed by atoms with Gasteiger partial charge in [-0.15, -0.1) is 0 Å². The molecule has 0 fully saturated rings. The summed E-state index contributed by atoms with van der Waals surface area (Å²) in [5.74, 6) is 0.318. The molecule has 1 unspecified atom stereocenters. The van der Waals surface area contributed by atoms with Crippen LogP contribution in [0.4, 0.5) is 0 Å². The number of carbonyl (C=O) groups is 1. The van der Waals surface area contributed by atoms with Gasteiger partial charge in [0.15, 0.2) is 5.69 Å². The highest BCUT2D eigenvalue weighted by atomic mass is 16.1. The molecular weight excluding hydrogens is 194 g/mol. The first kappa shape index (κ1) is 11.6. The summed E-state index contributed by atoms with van der Waals surface area (Å²) in [6.07, 6.45) is 3.36. The summed E-state index contributed by atoms with van der Waals surface area (Å²) in [4.78, 5) is 11.4. The Bertz CT molecular complexity index is 285. The fraction of sp³-hybridized carbons (Fsp3) is 0.667. The van der Waals surface area contributed by atoms with E-state index in [9.17, 15) is 4.79 Å². The summed E-state index contributed by atoms with van der Waals surface area (Å²) in [5.41, 5.74) is 5.80. The zero-order chi connectivity index (χ0) is 11.1. The molecule has 1 aromatic rings. The lowest BCUT2D eigenvalue weighted by molar-refractivity contribution is 0.0947. The lowest BCUT2D eigenvalue weighted by Gasteiger charge is -2.07. The van der Waals surface area contributed by atoms with Crippen LogP contribution < -0.4 is 11.1 Å². The third-order valence-corrected chi connectivity index (χ3v) is 2.21. The van der Waals surface area contributed by atoms with Crippen molar-refractivity contribution in [3.05, 3.63) is 11.9 Å². The van der Waals surface area contributed by atoms with E-state index in [1.54, 1.807) is 0 Å². The molecule has 4 N–H and O–H groups in total. The van der Waals surface area contributed by atoms with E-state index in [1.165, 1.54) is 6.20 Å². The van der Waals surface area contributed by atoms with Crippen molar-refractivity contribution in [3.8, 4) is 0 Å². The molecule has 0 aliphatic carbocycles. The zero-order valence-electron chi connectivity index (χ0n) is 8.86. The van der Waals surface area contributed by atoms with E-state index in [0.29, 0.717) is 24.7 Å². The number of nitrogens with two attached hydrogens (primary N) is 1. The number of nitrogens with zero attached hydrogens (tertiary/aromatic N) is 2. The molecule has 0 saturated heterocycles. The minimum atomic E-state index is -0.191. The Labute approximate surface area is 88.6 Å². The predicted octanol–water partition coefficient (Wildman–Crippen LogP) is -0.0905. The number of carbonyl (C=O) groups excluding carboxylic acids is 1. The van der Waals surface area contributed by atoms with Crippen molar-refractivity contribution >= 4 is 5.91 Å². The van der Waals surface area contributed by atoms with Gasteiger partial charge in [0.1, 0.15) is 0 Å². The van der Waals surface area contributed by atoms with Crippen LogP contribution in [0.5, 0.6) is 0 Å². The molecule has 15 heavy (non-hydrogen) atoms. The first-order valence-electron chi connectivity index (χ1n) is 5.08. The van der Waals surface area contributed by atoms with Crippen molar-refractivity contribution in [2.45, 2.75) is 19.8 Å². The highest BCUT2D eigenvalue weighted by Gasteiger charge is 2.07. The normalized spacial score (nSPS) is 12.4. The van der Waals surface area contributed by atoms with Gasteiger partial charge in [-0.2, -0.15) is 15.4 Å². The highest BCUT2D eigenvalue weighted by Crippen LogP contribution is 2.01. The van der Waals surface area contributed by atoms with E-state index in [1.807, 2.05) is 0 Å². The molecule has 0 aromatic carbocycles. The van der Waals surface area contributed by atoms with Crippen molar-refractivity contribution in [3.63, 3.8) is 0 Å². The van der Waals surface area contributed by atoms with Gasteiger partial charge in [-0.1, -0.05) is 6.92 Å². The number of amides is 1. The van der Waals surface area contributed by atoms with Gasteiger partial charge >= 0.3 is 0 Å². The molecule has 1 heterocycles. The molecular formula is C9H17N5O. The zero-order valence-corrected chi connectivity index (χ0v) is 8.86. The maximum Gasteiger partial charge on any atom is 0.273 e. The van der Waals surface area contributed by atoms with Crippen LogP contribution in [0.3, 0.4) is 0 Å². The van der Waals surface area contributed by atoms with Crippen molar-refractivity contribution in [2.24, 2.45) is 11.7 Å². The average molecular weight is 211 g/mol. The number of aromatic nitrogens is 3. The summed E-state index contributed by atoms with van der Waals surface area (Å²) in [6, 6.07) is 0. The fourth-order valence-electron chi connectivity index (χ4n) is 1.17. The van der Waals surface area contributed by atoms with E-state index in [2.05, 4.69) is 27.7 Å². The topological polar surface area (TPSA) is 96.7 Å². The molecule has 1 amide bonds. The first-order chi connectivity index (χ1) is 7.24. The van der Waals surface area contributed by atoms with Crippen LogP contribution in [0.15, 0.2) is 6.20 Å². The summed E-state index contributed by atoms with van der Waals surface area (Å²) >= 11 is 0. The van der Waals surface area contributed by atoms with Crippen LogP contribution in [-0.2, 0) is 0 Å². The van der Waals surface area contributed by atoms with Gasteiger partial charge in [0, 0.05) is 6.54 Å². The molecule has 6 nitrogen and oxygen atoms in total.